The van der Waals surface area contributed by atoms with Crippen LogP contribution >= 0.6 is 15.9 Å². The second kappa shape index (κ2) is 6.61. The SMILES string of the molecule is O=C(Nc1ccc(F)c(Br)c1)N1CCC2NNC(C3CCC3)C2C1. The first kappa shape index (κ1) is 16.3. The Morgan fingerprint density at radius 3 is 2.83 bits per heavy atom. The third-order valence-electron chi connectivity index (χ3n) is 5.67. The number of fused-ring (bicyclic) bond motifs is 1. The van der Waals surface area contributed by atoms with Gasteiger partial charge in [0.2, 0.25) is 0 Å². The lowest BCUT2D eigenvalue weighted by Crippen LogP contribution is -2.51. The van der Waals surface area contributed by atoms with Crippen LogP contribution in [0.1, 0.15) is 25.7 Å². The molecule has 0 bridgehead atoms. The quantitative estimate of drug-likeness (QED) is 0.719. The lowest BCUT2D eigenvalue weighted by Gasteiger charge is -2.40. The van der Waals surface area contributed by atoms with Crippen LogP contribution in [0, 0.1) is 17.7 Å². The molecule has 3 N–H and O–H groups in total. The highest BCUT2D eigenvalue weighted by molar-refractivity contribution is 9.10. The Labute approximate surface area is 149 Å². The van der Waals surface area contributed by atoms with Crippen molar-refractivity contribution in [3.63, 3.8) is 0 Å². The predicted octanol–water partition coefficient (Wildman–Crippen LogP) is 3.09. The van der Waals surface area contributed by atoms with E-state index in [1.165, 1.54) is 25.3 Å². The number of hydrogen-bond acceptors (Lipinski definition) is 3. The van der Waals surface area contributed by atoms with Crippen LogP contribution in [0.3, 0.4) is 0 Å². The highest BCUT2D eigenvalue weighted by Crippen LogP contribution is 2.37. The fraction of sp³-hybridized carbons (Fsp3) is 0.588. The van der Waals surface area contributed by atoms with Gasteiger partial charge in [-0.3, -0.25) is 10.9 Å². The minimum absolute atomic E-state index is 0.105. The average molecular weight is 397 g/mol. The fourth-order valence-corrected chi connectivity index (χ4v) is 4.44. The lowest BCUT2D eigenvalue weighted by atomic mass is 9.73. The molecule has 0 aromatic heterocycles. The summed E-state index contributed by atoms with van der Waals surface area (Å²) < 4.78 is 13.7. The largest absolute Gasteiger partial charge is 0.324 e. The van der Waals surface area contributed by atoms with Gasteiger partial charge in [0.1, 0.15) is 5.82 Å². The molecule has 130 valence electrons. The molecule has 7 heteroatoms. The van der Waals surface area contributed by atoms with Crippen molar-refractivity contribution in [1.82, 2.24) is 15.8 Å². The Morgan fingerprint density at radius 2 is 2.12 bits per heavy atom. The number of urea groups is 1. The van der Waals surface area contributed by atoms with E-state index in [-0.39, 0.29) is 11.8 Å². The standard InChI is InChI=1S/C17H22BrFN4O/c18-13-8-11(4-5-14(13)19)20-17(24)23-7-6-15-12(9-23)16(22-21-15)10-2-1-3-10/h4-5,8,10,12,15-16,21-22H,1-3,6-7,9H2,(H,20,24). The molecular formula is C17H22BrFN4O. The highest BCUT2D eigenvalue weighted by Gasteiger charge is 2.45. The number of hydrazine groups is 1. The molecule has 2 amide bonds. The summed E-state index contributed by atoms with van der Waals surface area (Å²) in [5, 5.41) is 2.88. The minimum Gasteiger partial charge on any atom is -0.324 e. The molecule has 2 saturated heterocycles. The number of rotatable bonds is 2. The van der Waals surface area contributed by atoms with Gasteiger partial charge in [-0.25, -0.2) is 9.18 Å². The summed E-state index contributed by atoms with van der Waals surface area (Å²) in [7, 11) is 0. The molecule has 0 radical (unpaired) electrons. The first-order valence-electron chi connectivity index (χ1n) is 8.64. The number of likely N-dealkylation sites (tertiary alicyclic amines) is 1. The molecule has 1 aliphatic carbocycles. The van der Waals surface area contributed by atoms with Gasteiger partial charge in [-0.1, -0.05) is 6.42 Å². The van der Waals surface area contributed by atoms with Crippen LogP contribution in [-0.2, 0) is 0 Å². The number of amides is 2. The van der Waals surface area contributed by atoms with Crippen LogP contribution in [-0.4, -0.2) is 36.1 Å². The van der Waals surface area contributed by atoms with Gasteiger partial charge in [0.25, 0.3) is 0 Å². The number of nitrogens with zero attached hydrogens (tertiary/aromatic N) is 1. The number of halogens is 2. The molecule has 2 aliphatic heterocycles. The van der Waals surface area contributed by atoms with E-state index in [4.69, 9.17) is 0 Å². The Bertz CT molecular complexity index is 639. The molecule has 1 aromatic carbocycles. The van der Waals surface area contributed by atoms with Crippen molar-refractivity contribution < 1.29 is 9.18 Å². The molecule has 3 fully saturated rings. The van der Waals surface area contributed by atoms with E-state index < -0.39 is 0 Å². The Hall–Kier alpha value is -1.18. The zero-order valence-electron chi connectivity index (χ0n) is 13.4. The molecular weight excluding hydrogens is 375 g/mol. The van der Waals surface area contributed by atoms with Crippen LogP contribution in [0.5, 0.6) is 0 Å². The maximum Gasteiger partial charge on any atom is 0.321 e. The number of benzene rings is 1. The average Bonchev–Trinajstić information content (AvgIpc) is 2.92. The molecule has 3 unspecified atom stereocenters. The van der Waals surface area contributed by atoms with Crippen molar-refractivity contribution in [3.8, 4) is 0 Å². The highest BCUT2D eigenvalue weighted by atomic mass is 79.9. The summed E-state index contributed by atoms with van der Waals surface area (Å²) >= 11 is 3.15. The van der Waals surface area contributed by atoms with Gasteiger partial charge in [0, 0.05) is 36.8 Å². The second-order valence-corrected chi connectivity index (χ2v) is 7.92. The lowest BCUT2D eigenvalue weighted by molar-refractivity contribution is 0.137. The molecule has 24 heavy (non-hydrogen) atoms. The van der Waals surface area contributed by atoms with Gasteiger partial charge in [-0.15, -0.1) is 0 Å². The molecule has 3 atom stereocenters. The maximum atomic E-state index is 13.3. The van der Waals surface area contributed by atoms with Gasteiger partial charge >= 0.3 is 6.03 Å². The van der Waals surface area contributed by atoms with Crippen molar-refractivity contribution in [2.75, 3.05) is 18.4 Å². The molecule has 3 aliphatic rings. The number of carbonyl (C=O) groups excluding carboxylic acids is 1. The summed E-state index contributed by atoms with van der Waals surface area (Å²) in [4.78, 5) is 14.5. The van der Waals surface area contributed by atoms with E-state index in [9.17, 15) is 9.18 Å². The summed E-state index contributed by atoms with van der Waals surface area (Å²) in [6.45, 7) is 1.50. The van der Waals surface area contributed by atoms with Crippen molar-refractivity contribution in [3.05, 3.63) is 28.5 Å². The Balaban J connectivity index is 1.40. The summed E-state index contributed by atoms with van der Waals surface area (Å²) in [5.41, 5.74) is 7.50. The van der Waals surface area contributed by atoms with Crippen LogP contribution in [0.4, 0.5) is 14.9 Å². The van der Waals surface area contributed by atoms with Gasteiger partial charge in [-0.2, -0.15) is 0 Å². The second-order valence-electron chi connectivity index (χ2n) is 7.07. The van der Waals surface area contributed by atoms with Crippen LogP contribution < -0.4 is 16.2 Å². The van der Waals surface area contributed by atoms with Gasteiger partial charge in [0.05, 0.1) is 4.47 Å². The van der Waals surface area contributed by atoms with E-state index in [0.717, 1.165) is 25.4 Å². The first-order chi connectivity index (χ1) is 11.6. The Morgan fingerprint density at radius 1 is 1.29 bits per heavy atom. The molecule has 4 rings (SSSR count). The minimum atomic E-state index is -0.333. The van der Waals surface area contributed by atoms with E-state index in [1.807, 2.05) is 4.90 Å². The zero-order valence-corrected chi connectivity index (χ0v) is 15.0. The Kier molecular flexibility index (Phi) is 4.49. The van der Waals surface area contributed by atoms with Crippen molar-refractivity contribution in [2.45, 2.75) is 37.8 Å². The van der Waals surface area contributed by atoms with E-state index in [0.29, 0.717) is 28.2 Å². The smallest absolute Gasteiger partial charge is 0.321 e. The number of hydrogen-bond donors (Lipinski definition) is 3. The third kappa shape index (κ3) is 3.05. The molecule has 2 heterocycles. The summed E-state index contributed by atoms with van der Waals surface area (Å²) in [5.74, 6) is 0.874. The van der Waals surface area contributed by atoms with E-state index >= 15 is 0 Å². The van der Waals surface area contributed by atoms with Crippen LogP contribution in [0.25, 0.3) is 0 Å². The van der Waals surface area contributed by atoms with Crippen LogP contribution in [0.15, 0.2) is 22.7 Å². The summed E-state index contributed by atoms with van der Waals surface area (Å²) in [6.07, 6.45) is 4.86. The van der Waals surface area contributed by atoms with E-state index in [1.54, 1.807) is 12.1 Å². The number of nitrogens with one attached hydrogen (secondary N) is 3. The summed E-state index contributed by atoms with van der Waals surface area (Å²) in [6, 6.07) is 5.35. The fourth-order valence-electron chi connectivity index (χ4n) is 4.06. The van der Waals surface area contributed by atoms with Crippen molar-refractivity contribution >= 4 is 27.6 Å². The number of anilines is 1. The zero-order chi connectivity index (χ0) is 16.7. The van der Waals surface area contributed by atoms with Gasteiger partial charge in [-0.05, 0) is 59.3 Å². The van der Waals surface area contributed by atoms with Gasteiger partial charge < -0.3 is 10.2 Å². The molecule has 0 spiro atoms. The molecule has 1 saturated carbocycles. The molecule has 1 aromatic rings. The van der Waals surface area contributed by atoms with E-state index in [2.05, 4.69) is 32.1 Å². The van der Waals surface area contributed by atoms with Gasteiger partial charge in [0.15, 0.2) is 0 Å². The maximum absolute atomic E-state index is 13.3. The third-order valence-corrected chi connectivity index (χ3v) is 6.28. The monoisotopic (exact) mass is 396 g/mol. The van der Waals surface area contributed by atoms with Crippen molar-refractivity contribution in [1.29, 1.82) is 0 Å². The van der Waals surface area contributed by atoms with Crippen LogP contribution in [0.2, 0.25) is 0 Å². The van der Waals surface area contributed by atoms with Crippen molar-refractivity contribution in [2.24, 2.45) is 11.8 Å². The number of carbonyl (C=O) groups is 1. The predicted molar refractivity (Wildman–Crippen MR) is 94.0 cm³/mol. The first-order valence-corrected chi connectivity index (χ1v) is 9.43. The topological polar surface area (TPSA) is 56.4 Å². The number of piperidine rings is 1. The normalized spacial score (nSPS) is 29.9. The molecule has 5 nitrogen and oxygen atoms in total.